The molecule has 72 valence electrons. The van der Waals surface area contributed by atoms with Gasteiger partial charge in [-0.15, -0.1) is 0 Å². The first-order valence-corrected chi connectivity index (χ1v) is 4.67. The van der Waals surface area contributed by atoms with Crippen molar-refractivity contribution >= 4 is 54.5 Å². The summed E-state index contributed by atoms with van der Waals surface area (Å²) in [6.45, 7) is 4.10. The maximum absolute atomic E-state index is 4.10. The predicted molar refractivity (Wildman–Crippen MR) is 69.6 cm³/mol. The molecule has 0 atom stereocenters. The Balaban J connectivity index is 0.00000112. The van der Waals surface area contributed by atoms with Gasteiger partial charge in [0.1, 0.15) is 0 Å². The molecule has 0 fully saturated rings. The van der Waals surface area contributed by atoms with Crippen LogP contribution in [-0.4, -0.2) is 48.9 Å². The van der Waals surface area contributed by atoms with Gasteiger partial charge in [-0.2, -0.15) is 0 Å². The number of benzene rings is 2. The number of hydrogen-bond acceptors (Lipinski definition) is 0. The van der Waals surface area contributed by atoms with Crippen molar-refractivity contribution < 1.29 is 0 Å². The zero-order chi connectivity index (χ0) is 9.80. The number of rotatable bonds is 2. The second kappa shape index (κ2) is 6.36. The molecule has 1 heteroatoms. The van der Waals surface area contributed by atoms with Gasteiger partial charge >= 0.3 is 48.9 Å². The summed E-state index contributed by atoms with van der Waals surface area (Å²) < 4.78 is 0. The van der Waals surface area contributed by atoms with E-state index in [0.717, 1.165) is 5.57 Å². The van der Waals surface area contributed by atoms with Gasteiger partial charge in [-0.05, 0) is 16.7 Å². The molecule has 0 bridgehead atoms. The van der Waals surface area contributed by atoms with E-state index in [1.54, 1.807) is 0 Å². The van der Waals surface area contributed by atoms with E-state index in [2.05, 4.69) is 30.8 Å². The van der Waals surface area contributed by atoms with Gasteiger partial charge < -0.3 is 0 Å². The van der Waals surface area contributed by atoms with Gasteiger partial charge in [-0.3, -0.25) is 0 Å². The fraction of sp³-hybridized carbons (Fsp3) is 0. The second-order valence-corrected chi connectivity index (χ2v) is 3.21. The Morgan fingerprint density at radius 2 is 1.00 bits per heavy atom. The molecule has 0 aliphatic carbocycles. The molecule has 0 aliphatic rings. The van der Waals surface area contributed by atoms with Crippen LogP contribution in [0.25, 0.3) is 5.57 Å². The van der Waals surface area contributed by atoms with Crippen molar-refractivity contribution in [2.24, 2.45) is 0 Å². The first-order chi connectivity index (χ1) is 6.88. The molecule has 0 nitrogen and oxygen atoms in total. The van der Waals surface area contributed by atoms with Gasteiger partial charge in [0.25, 0.3) is 0 Å². The summed E-state index contributed by atoms with van der Waals surface area (Å²) in [6.07, 6.45) is 0. The minimum absolute atomic E-state index is 0. The van der Waals surface area contributed by atoms with Crippen molar-refractivity contribution in [1.82, 2.24) is 0 Å². The normalized spacial score (nSPS) is 9.07. The molecule has 2 rings (SSSR count). The molecule has 2 aromatic carbocycles. The van der Waals surface area contributed by atoms with E-state index < -0.39 is 0 Å². The summed E-state index contributed by atoms with van der Waals surface area (Å²) in [6, 6.07) is 20.5. The second-order valence-electron chi connectivity index (χ2n) is 3.21. The van der Waals surface area contributed by atoms with E-state index in [1.807, 2.05) is 36.4 Å². The summed E-state index contributed by atoms with van der Waals surface area (Å²) in [5.41, 5.74) is 3.43. The Morgan fingerprint density at radius 1 is 0.667 bits per heavy atom. The van der Waals surface area contributed by atoms with E-state index in [4.69, 9.17) is 0 Å². The SMILES string of the molecule is C=C(c1ccccc1)c1ccccc1.[BaH2]. The van der Waals surface area contributed by atoms with E-state index in [-0.39, 0.29) is 48.9 Å². The Labute approximate surface area is 131 Å². The summed E-state index contributed by atoms with van der Waals surface area (Å²) in [7, 11) is 0. The summed E-state index contributed by atoms with van der Waals surface area (Å²) in [5.74, 6) is 0. The fourth-order valence-corrected chi connectivity index (χ4v) is 1.45. The summed E-state index contributed by atoms with van der Waals surface area (Å²) in [5, 5.41) is 0. The van der Waals surface area contributed by atoms with Crippen molar-refractivity contribution in [2.75, 3.05) is 0 Å². The first-order valence-electron chi connectivity index (χ1n) is 4.67. The molecule has 0 amide bonds. The van der Waals surface area contributed by atoms with Crippen molar-refractivity contribution in [3.05, 3.63) is 78.4 Å². The topological polar surface area (TPSA) is 0 Å². The molecule has 0 saturated carbocycles. The summed E-state index contributed by atoms with van der Waals surface area (Å²) in [4.78, 5) is 0. The van der Waals surface area contributed by atoms with Gasteiger partial charge in [-0.25, -0.2) is 0 Å². The molecular weight excluding hydrogens is 305 g/mol. The van der Waals surface area contributed by atoms with Crippen molar-refractivity contribution in [1.29, 1.82) is 0 Å². The van der Waals surface area contributed by atoms with Crippen molar-refractivity contribution in [3.8, 4) is 0 Å². The van der Waals surface area contributed by atoms with E-state index in [0.29, 0.717) is 0 Å². The van der Waals surface area contributed by atoms with Gasteiger partial charge in [0.2, 0.25) is 0 Å². The van der Waals surface area contributed by atoms with Crippen molar-refractivity contribution in [3.63, 3.8) is 0 Å². The summed E-state index contributed by atoms with van der Waals surface area (Å²) >= 11 is 0. The zero-order valence-corrected chi connectivity index (χ0v) is 7.98. The van der Waals surface area contributed by atoms with Gasteiger partial charge in [0, 0.05) is 0 Å². The molecule has 0 unspecified atom stereocenters. The third-order valence-corrected chi connectivity index (χ3v) is 2.24. The quantitative estimate of drug-likeness (QED) is 0.747. The van der Waals surface area contributed by atoms with Gasteiger partial charge in [0.05, 0.1) is 0 Å². The monoisotopic (exact) mass is 320 g/mol. The maximum atomic E-state index is 4.10. The van der Waals surface area contributed by atoms with Crippen molar-refractivity contribution in [2.45, 2.75) is 0 Å². The average Bonchev–Trinajstić information content (AvgIpc) is 2.30. The van der Waals surface area contributed by atoms with Crippen LogP contribution in [-0.2, 0) is 0 Å². The molecule has 0 N–H and O–H groups in total. The van der Waals surface area contributed by atoms with E-state index >= 15 is 0 Å². The molecule has 0 heterocycles. The van der Waals surface area contributed by atoms with Crippen LogP contribution in [0.15, 0.2) is 67.2 Å². The zero-order valence-electron chi connectivity index (χ0n) is 7.98. The van der Waals surface area contributed by atoms with Gasteiger partial charge in [-0.1, -0.05) is 67.2 Å². The van der Waals surface area contributed by atoms with Crippen LogP contribution in [0, 0.1) is 0 Å². The van der Waals surface area contributed by atoms with Crippen LogP contribution in [0.3, 0.4) is 0 Å². The Kier molecular flexibility index (Phi) is 5.43. The minimum atomic E-state index is 0. The Bertz CT molecular complexity index is 376. The fourth-order valence-electron chi connectivity index (χ4n) is 1.45. The van der Waals surface area contributed by atoms with Crippen LogP contribution >= 0.6 is 0 Å². The molecule has 0 aliphatic heterocycles. The molecule has 15 heavy (non-hydrogen) atoms. The average molecular weight is 320 g/mol. The Morgan fingerprint density at radius 3 is 1.33 bits per heavy atom. The first kappa shape index (κ1) is 12.8. The van der Waals surface area contributed by atoms with Crippen LogP contribution in [0.4, 0.5) is 0 Å². The third-order valence-electron chi connectivity index (χ3n) is 2.24. The molecular formula is C14H14Ba. The molecule has 0 radical (unpaired) electrons. The van der Waals surface area contributed by atoms with Crippen LogP contribution in [0.2, 0.25) is 0 Å². The van der Waals surface area contributed by atoms with Crippen LogP contribution in [0.5, 0.6) is 0 Å². The number of hydrogen-bond donors (Lipinski definition) is 0. The molecule has 0 saturated heterocycles. The molecule has 0 spiro atoms. The molecule has 0 aromatic heterocycles. The van der Waals surface area contributed by atoms with E-state index in [9.17, 15) is 0 Å². The third kappa shape index (κ3) is 3.37. The van der Waals surface area contributed by atoms with Crippen LogP contribution < -0.4 is 0 Å². The standard InChI is InChI=1S/C14H12.Ba.2H/c1-12(13-8-4-2-5-9-13)14-10-6-3-7-11-14;;;/h2-11H,1H2;;;. The predicted octanol–water partition coefficient (Wildman–Crippen LogP) is 2.83. The van der Waals surface area contributed by atoms with Crippen LogP contribution in [0.1, 0.15) is 11.1 Å². The molecule has 2 aromatic rings. The van der Waals surface area contributed by atoms with Gasteiger partial charge in [0.15, 0.2) is 0 Å². The Hall–Kier alpha value is -0.249. The van der Waals surface area contributed by atoms with E-state index in [1.165, 1.54) is 11.1 Å².